The molecule has 0 aromatic heterocycles. The van der Waals surface area contributed by atoms with Crippen molar-refractivity contribution in [3.8, 4) is 0 Å². The maximum absolute atomic E-state index is 13.0. The third-order valence-electron chi connectivity index (χ3n) is 3.52. The maximum Gasteiger partial charge on any atom is 0.220 e. The van der Waals surface area contributed by atoms with E-state index in [1.807, 2.05) is 0 Å². The van der Waals surface area contributed by atoms with E-state index in [2.05, 4.69) is 10.6 Å². The van der Waals surface area contributed by atoms with Crippen molar-refractivity contribution < 1.29 is 18.4 Å². The van der Waals surface area contributed by atoms with Crippen molar-refractivity contribution in [2.75, 3.05) is 13.1 Å². The van der Waals surface area contributed by atoms with Crippen molar-refractivity contribution in [1.29, 1.82) is 0 Å². The Kier molecular flexibility index (Phi) is 5.38. The van der Waals surface area contributed by atoms with Crippen LogP contribution < -0.4 is 10.6 Å². The number of rotatable bonds is 5. The fraction of sp³-hybridized carbons (Fsp3) is 0.467. The van der Waals surface area contributed by atoms with E-state index < -0.39 is 11.6 Å². The van der Waals surface area contributed by atoms with Gasteiger partial charge in [-0.2, -0.15) is 0 Å². The molecule has 1 aromatic carbocycles. The largest absolute Gasteiger partial charge is 0.353 e. The van der Waals surface area contributed by atoms with Crippen LogP contribution in [-0.4, -0.2) is 30.8 Å². The number of carbonyl (C=O) groups excluding carboxylic acids is 2. The second kappa shape index (κ2) is 7.26. The number of piperidine rings is 1. The van der Waals surface area contributed by atoms with E-state index in [0.717, 1.165) is 38.1 Å². The van der Waals surface area contributed by atoms with Crippen LogP contribution in [0.3, 0.4) is 0 Å². The Morgan fingerprint density at radius 1 is 1.14 bits per heavy atom. The number of benzene rings is 1. The lowest BCUT2D eigenvalue weighted by Crippen LogP contribution is -2.42. The third kappa shape index (κ3) is 4.60. The Morgan fingerprint density at radius 2 is 1.86 bits per heavy atom. The fourth-order valence-electron chi connectivity index (χ4n) is 2.31. The molecule has 0 saturated carbocycles. The topological polar surface area (TPSA) is 58.2 Å². The van der Waals surface area contributed by atoms with Crippen LogP contribution in [0.5, 0.6) is 0 Å². The van der Waals surface area contributed by atoms with E-state index >= 15 is 0 Å². The molecule has 4 nitrogen and oxygen atoms in total. The van der Waals surface area contributed by atoms with Crippen LogP contribution in [0.1, 0.15) is 36.0 Å². The molecular formula is C15H18F2N2O2. The molecule has 1 saturated heterocycles. The predicted octanol–water partition coefficient (Wildman–Crippen LogP) is 1.80. The molecule has 1 fully saturated rings. The molecule has 1 aliphatic rings. The summed E-state index contributed by atoms with van der Waals surface area (Å²) in [5.74, 6) is -2.59. The molecule has 0 unspecified atom stereocenters. The molecule has 0 radical (unpaired) electrons. The molecule has 2 N–H and O–H groups in total. The number of nitrogens with one attached hydrogen (secondary N) is 2. The minimum atomic E-state index is -1.06. The van der Waals surface area contributed by atoms with Crippen molar-refractivity contribution in [2.45, 2.75) is 31.7 Å². The van der Waals surface area contributed by atoms with Crippen molar-refractivity contribution in [3.05, 3.63) is 35.4 Å². The van der Waals surface area contributed by atoms with Gasteiger partial charge in [0.15, 0.2) is 17.4 Å². The summed E-state index contributed by atoms with van der Waals surface area (Å²) in [7, 11) is 0. The summed E-state index contributed by atoms with van der Waals surface area (Å²) >= 11 is 0. The molecule has 0 atom stereocenters. The molecular weight excluding hydrogens is 278 g/mol. The average molecular weight is 296 g/mol. The number of halogens is 2. The van der Waals surface area contributed by atoms with E-state index in [1.165, 1.54) is 6.07 Å². The van der Waals surface area contributed by atoms with Gasteiger partial charge in [-0.15, -0.1) is 0 Å². The van der Waals surface area contributed by atoms with Crippen LogP contribution in [0.4, 0.5) is 8.78 Å². The summed E-state index contributed by atoms with van der Waals surface area (Å²) < 4.78 is 25.8. The van der Waals surface area contributed by atoms with E-state index in [-0.39, 0.29) is 36.1 Å². The van der Waals surface area contributed by atoms with Gasteiger partial charge in [0.25, 0.3) is 0 Å². The molecule has 1 aliphatic heterocycles. The smallest absolute Gasteiger partial charge is 0.220 e. The van der Waals surface area contributed by atoms with Gasteiger partial charge in [0.05, 0.1) is 0 Å². The van der Waals surface area contributed by atoms with Gasteiger partial charge in [0.1, 0.15) is 0 Å². The van der Waals surface area contributed by atoms with Crippen LogP contribution in [0.15, 0.2) is 18.2 Å². The Hall–Kier alpha value is -1.82. The summed E-state index contributed by atoms with van der Waals surface area (Å²) in [6.45, 7) is 1.75. The van der Waals surface area contributed by atoms with Crippen LogP contribution in [0, 0.1) is 11.6 Å². The SMILES string of the molecule is O=C(CCC(=O)c1ccc(F)c(F)c1)NC1CCNCC1. The standard InChI is InChI=1S/C15H18F2N2O2/c16-12-2-1-10(9-13(12)17)14(20)3-4-15(21)19-11-5-7-18-8-6-11/h1-2,9,11,18H,3-8H2,(H,19,21). The molecule has 1 amide bonds. The first-order chi connectivity index (χ1) is 10.1. The van der Waals surface area contributed by atoms with Gasteiger partial charge < -0.3 is 10.6 Å². The molecule has 0 bridgehead atoms. The highest BCUT2D eigenvalue weighted by Gasteiger charge is 2.16. The molecule has 1 heterocycles. The minimum absolute atomic E-state index is 0.0120. The molecule has 0 aliphatic carbocycles. The number of amides is 1. The second-order valence-corrected chi connectivity index (χ2v) is 5.14. The second-order valence-electron chi connectivity index (χ2n) is 5.14. The normalized spacial score (nSPS) is 15.7. The molecule has 1 aromatic rings. The van der Waals surface area contributed by atoms with Gasteiger partial charge in [-0.05, 0) is 44.1 Å². The van der Waals surface area contributed by atoms with E-state index in [9.17, 15) is 18.4 Å². The number of hydrogen-bond donors (Lipinski definition) is 2. The first-order valence-electron chi connectivity index (χ1n) is 7.04. The molecule has 2 rings (SSSR count). The number of Topliss-reactive ketones (excluding diaryl/α,β-unsaturated/α-hetero) is 1. The van der Waals surface area contributed by atoms with Gasteiger partial charge >= 0.3 is 0 Å². The Bertz CT molecular complexity index is 528. The van der Waals surface area contributed by atoms with E-state index in [0.29, 0.717) is 0 Å². The Balaban J connectivity index is 1.80. The lowest BCUT2D eigenvalue weighted by Gasteiger charge is -2.23. The van der Waals surface area contributed by atoms with E-state index in [1.54, 1.807) is 0 Å². The number of carbonyl (C=O) groups is 2. The van der Waals surface area contributed by atoms with Crippen molar-refractivity contribution in [2.24, 2.45) is 0 Å². The maximum atomic E-state index is 13.0. The summed E-state index contributed by atoms with van der Waals surface area (Å²) in [6, 6.07) is 3.16. The monoisotopic (exact) mass is 296 g/mol. The summed E-state index contributed by atoms with van der Waals surface area (Å²) in [6.07, 6.45) is 1.80. The number of hydrogen-bond acceptors (Lipinski definition) is 3. The molecule has 6 heteroatoms. The van der Waals surface area contributed by atoms with Crippen LogP contribution in [0.2, 0.25) is 0 Å². The quantitative estimate of drug-likeness (QED) is 0.815. The lowest BCUT2D eigenvalue weighted by molar-refractivity contribution is -0.121. The van der Waals surface area contributed by atoms with Gasteiger partial charge in [0.2, 0.25) is 5.91 Å². The lowest BCUT2D eigenvalue weighted by atomic mass is 10.0. The van der Waals surface area contributed by atoms with Crippen LogP contribution >= 0.6 is 0 Å². The summed E-state index contributed by atoms with van der Waals surface area (Å²) in [4.78, 5) is 23.6. The van der Waals surface area contributed by atoms with Gasteiger partial charge in [-0.3, -0.25) is 9.59 Å². The highest BCUT2D eigenvalue weighted by atomic mass is 19.2. The average Bonchev–Trinajstić information content (AvgIpc) is 2.48. The highest BCUT2D eigenvalue weighted by Crippen LogP contribution is 2.12. The zero-order valence-corrected chi connectivity index (χ0v) is 11.6. The summed E-state index contributed by atoms with van der Waals surface area (Å²) in [5, 5.41) is 6.08. The summed E-state index contributed by atoms with van der Waals surface area (Å²) in [5.41, 5.74) is 0.0866. The first-order valence-corrected chi connectivity index (χ1v) is 7.04. The fourth-order valence-corrected chi connectivity index (χ4v) is 2.31. The highest BCUT2D eigenvalue weighted by molar-refractivity contribution is 5.97. The van der Waals surface area contributed by atoms with Crippen molar-refractivity contribution in [3.63, 3.8) is 0 Å². The Labute approximate surface area is 121 Å². The van der Waals surface area contributed by atoms with Gasteiger partial charge in [-0.25, -0.2) is 8.78 Å². The van der Waals surface area contributed by atoms with E-state index in [4.69, 9.17) is 0 Å². The third-order valence-corrected chi connectivity index (χ3v) is 3.52. The molecule has 114 valence electrons. The number of ketones is 1. The Morgan fingerprint density at radius 3 is 2.52 bits per heavy atom. The van der Waals surface area contributed by atoms with Crippen molar-refractivity contribution >= 4 is 11.7 Å². The zero-order chi connectivity index (χ0) is 15.2. The van der Waals surface area contributed by atoms with Gasteiger partial charge in [-0.1, -0.05) is 0 Å². The predicted molar refractivity (Wildman–Crippen MR) is 74.0 cm³/mol. The zero-order valence-electron chi connectivity index (χ0n) is 11.6. The first kappa shape index (κ1) is 15.6. The molecule has 21 heavy (non-hydrogen) atoms. The van der Waals surface area contributed by atoms with Crippen molar-refractivity contribution in [1.82, 2.24) is 10.6 Å². The van der Waals surface area contributed by atoms with Crippen LogP contribution in [0.25, 0.3) is 0 Å². The van der Waals surface area contributed by atoms with Crippen LogP contribution in [-0.2, 0) is 4.79 Å². The molecule has 0 spiro atoms. The van der Waals surface area contributed by atoms with Gasteiger partial charge in [0, 0.05) is 24.4 Å². The minimum Gasteiger partial charge on any atom is -0.353 e.